The van der Waals surface area contributed by atoms with E-state index in [2.05, 4.69) is 0 Å². The molecule has 0 saturated heterocycles. The second-order valence-corrected chi connectivity index (χ2v) is 3.68. The predicted molar refractivity (Wildman–Crippen MR) is 36.6 cm³/mol. The van der Waals surface area contributed by atoms with Crippen molar-refractivity contribution in [1.29, 1.82) is 0 Å². The van der Waals surface area contributed by atoms with Gasteiger partial charge in [-0.3, -0.25) is 10.1 Å². The van der Waals surface area contributed by atoms with Crippen molar-refractivity contribution in [1.82, 2.24) is 0 Å². The van der Waals surface area contributed by atoms with Gasteiger partial charge in [0.25, 0.3) is 0 Å². The molecule has 9 heavy (non-hydrogen) atoms. The third kappa shape index (κ3) is 2.87. The molecule has 0 heterocycles. The first-order valence-corrected chi connectivity index (χ1v) is 3.12. The highest BCUT2D eigenvalue weighted by Crippen LogP contribution is 2.25. The summed E-state index contributed by atoms with van der Waals surface area (Å²) < 4.78 is -1.27. The lowest BCUT2D eigenvalue weighted by Crippen LogP contribution is -2.32. The normalized spacial score (nSPS) is 15.1. The highest BCUT2D eigenvalue weighted by molar-refractivity contribution is 6.48. The van der Waals surface area contributed by atoms with E-state index in [0.717, 1.165) is 0 Å². The van der Waals surface area contributed by atoms with Crippen molar-refractivity contribution < 1.29 is 4.92 Å². The fourth-order valence-corrected chi connectivity index (χ4v) is 0.344. The number of halogens is 2. The maximum absolute atomic E-state index is 9.98. The van der Waals surface area contributed by atoms with Gasteiger partial charge in [-0.15, -0.1) is 0 Å². The maximum atomic E-state index is 9.98. The van der Waals surface area contributed by atoms with Crippen LogP contribution in [0.1, 0.15) is 13.8 Å². The molecule has 0 rings (SSSR count). The first-order chi connectivity index (χ1) is 3.85. The quantitative estimate of drug-likeness (QED) is 0.362. The second-order valence-electron chi connectivity index (χ2n) is 1.92. The van der Waals surface area contributed by atoms with Crippen molar-refractivity contribution in [3.8, 4) is 0 Å². The van der Waals surface area contributed by atoms with Gasteiger partial charge in [0, 0.05) is 11.8 Å². The van der Waals surface area contributed by atoms with Gasteiger partial charge in [0.1, 0.15) is 0 Å². The lowest BCUT2D eigenvalue weighted by Gasteiger charge is -2.13. The molecule has 0 amide bonds. The summed E-state index contributed by atoms with van der Waals surface area (Å²) in [6.07, 6.45) is 0. The Morgan fingerprint density at radius 3 is 2.00 bits per heavy atom. The summed E-state index contributed by atoms with van der Waals surface area (Å²) in [5, 5.41) is 9.98. The molecule has 0 aromatic carbocycles. The zero-order valence-electron chi connectivity index (χ0n) is 5.10. The molecular formula is C4H7Cl2NO2. The Labute approximate surface area is 63.1 Å². The van der Waals surface area contributed by atoms with Crippen LogP contribution in [-0.4, -0.2) is 15.3 Å². The average molecular weight is 172 g/mol. The van der Waals surface area contributed by atoms with E-state index in [1.54, 1.807) is 0 Å². The summed E-state index contributed by atoms with van der Waals surface area (Å²) in [6.45, 7) is 2.75. The molecule has 1 unspecified atom stereocenters. The molecule has 0 N–H and O–H groups in total. The molecule has 3 nitrogen and oxygen atoms in total. The Kier molecular flexibility index (Phi) is 2.70. The number of nitrogens with zero attached hydrogens (tertiary/aromatic N) is 1. The summed E-state index contributed by atoms with van der Waals surface area (Å²) in [5.41, 5.74) is 0. The van der Waals surface area contributed by atoms with Crippen LogP contribution in [0.3, 0.4) is 0 Å². The first kappa shape index (κ1) is 8.98. The highest BCUT2D eigenvalue weighted by atomic mass is 35.5. The topological polar surface area (TPSA) is 43.1 Å². The minimum absolute atomic E-state index is 0.514. The highest BCUT2D eigenvalue weighted by Gasteiger charge is 2.34. The summed E-state index contributed by atoms with van der Waals surface area (Å²) in [6, 6.07) is -0.930. The van der Waals surface area contributed by atoms with Crippen molar-refractivity contribution in [2.75, 3.05) is 0 Å². The molecule has 0 bridgehead atoms. The van der Waals surface area contributed by atoms with Gasteiger partial charge < -0.3 is 0 Å². The van der Waals surface area contributed by atoms with Crippen LogP contribution in [-0.2, 0) is 0 Å². The molecule has 0 fully saturated rings. The molecule has 5 heteroatoms. The van der Waals surface area contributed by atoms with Crippen LogP contribution in [0.4, 0.5) is 0 Å². The Morgan fingerprint density at radius 2 is 2.00 bits per heavy atom. The molecule has 0 spiro atoms. The Hall–Kier alpha value is -0.0200. The van der Waals surface area contributed by atoms with Crippen molar-refractivity contribution in [2.45, 2.75) is 24.2 Å². The van der Waals surface area contributed by atoms with Crippen LogP contribution in [0.15, 0.2) is 0 Å². The van der Waals surface area contributed by atoms with Crippen molar-refractivity contribution >= 4 is 23.2 Å². The van der Waals surface area contributed by atoms with Gasteiger partial charge in [0.2, 0.25) is 6.04 Å². The Bertz CT molecular complexity index is 120. The van der Waals surface area contributed by atoms with Gasteiger partial charge >= 0.3 is 0 Å². The van der Waals surface area contributed by atoms with E-state index in [9.17, 15) is 10.1 Å². The summed E-state index contributed by atoms with van der Waals surface area (Å²) >= 11 is 10.8. The van der Waals surface area contributed by atoms with E-state index < -0.39 is 15.3 Å². The van der Waals surface area contributed by atoms with Gasteiger partial charge in [-0.25, -0.2) is 0 Å². The van der Waals surface area contributed by atoms with E-state index in [-0.39, 0.29) is 0 Å². The van der Waals surface area contributed by atoms with E-state index >= 15 is 0 Å². The smallest absolute Gasteiger partial charge is 0.242 e. The molecule has 0 aliphatic rings. The van der Waals surface area contributed by atoms with Gasteiger partial charge in [0.15, 0.2) is 4.33 Å². The second kappa shape index (κ2) is 2.71. The number of hydrogen-bond donors (Lipinski definition) is 0. The molecule has 0 saturated carbocycles. The fourth-order valence-electron chi connectivity index (χ4n) is 0.185. The van der Waals surface area contributed by atoms with E-state index in [1.807, 2.05) is 0 Å². The fraction of sp³-hybridized carbons (Fsp3) is 1.00. The van der Waals surface area contributed by atoms with Gasteiger partial charge in [0.05, 0.1) is 0 Å². The number of rotatable bonds is 2. The van der Waals surface area contributed by atoms with E-state index in [0.29, 0.717) is 0 Å². The Morgan fingerprint density at radius 1 is 1.67 bits per heavy atom. The van der Waals surface area contributed by atoms with Gasteiger partial charge in [-0.05, 0) is 6.92 Å². The molecule has 54 valence electrons. The van der Waals surface area contributed by atoms with Crippen LogP contribution in [0, 0.1) is 10.1 Å². The third-order valence-corrected chi connectivity index (χ3v) is 1.68. The molecule has 0 radical (unpaired) electrons. The number of hydrogen-bond acceptors (Lipinski definition) is 2. The Balaban J connectivity index is 4.04. The summed E-state index contributed by atoms with van der Waals surface area (Å²) in [4.78, 5) is 9.47. The van der Waals surface area contributed by atoms with Crippen molar-refractivity contribution in [3.05, 3.63) is 10.1 Å². The zero-order valence-corrected chi connectivity index (χ0v) is 6.61. The number of alkyl halides is 2. The number of nitro groups is 1. The van der Waals surface area contributed by atoms with Gasteiger partial charge in [-0.2, -0.15) is 0 Å². The lowest BCUT2D eigenvalue weighted by atomic mass is 10.3. The predicted octanol–water partition coefficient (Wildman–Crippen LogP) is 1.85. The molecule has 0 aliphatic carbocycles. The van der Waals surface area contributed by atoms with E-state index in [1.165, 1.54) is 13.8 Å². The minimum atomic E-state index is -1.27. The van der Waals surface area contributed by atoms with Gasteiger partial charge in [-0.1, -0.05) is 23.2 Å². The van der Waals surface area contributed by atoms with Crippen LogP contribution in [0.2, 0.25) is 0 Å². The SMILES string of the molecule is CC([N+](=O)[O-])C(C)(Cl)Cl. The summed E-state index contributed by atoms with van der Waals surface area (Å²) in [7, 11) is 0. The minimum Gasteiger partial charge on any atom is -0.264 e. The zero-order chi connectivity index (χ0) is 7.65. The molecule has 1 atom stereocenters. The first-order valence-electron chi connectivity index (χ1n) is 2.37. The standard InChI is InChI=1S/C4H7Cl2NO2/c1-3(7(8)9)4(2,5)6/h3H,1-2H3. The largest absolute Gasteiger partial charge is 0.264 e. The van der Waals surface area contributed by atoms with E-state index in [4.69, 9.17) is 23.2 Å². The maximum Gasteiger partial charge on any atom is 0.242 e. The van der Waals surface area contributed by atoms with Crippen LogP contribution < -0.4 is 0 Å². The van der Waals surface area contributed by atoms with Crippen LogP contribution in [0.5, 0.6) is 0 Å². The summed E-state index contributed by atoms with van der Waals surface area (Å²) in [5.74, 6) is 0. The van der Waals surface area contributed by atoms with Crippen LogP contribution >= 0.6 is 23.2 Å². The van der Waals surface area contributed by atoms with Crippen molar-refractivity contribution in [2.24, 2.45) is 0 Å². The molecule has 0 aliphatic heterocycles. The molecular weight excluding hydrogens is 165 g/mol. The monoisotopic (exact) mass is 171 g/mol. The van der Waals surface area contributed by atoms with Crippen LogP contribution in [0.25, 0.3) is 0 Å². The third-order valence-electron chi connectivity index (χ3n) is 1.05. The molecule has 0 aromatic heterocycles. The molecule has 0 aromatic rings. The lowest BCUT2D eigenvalue weighted by molar-refractivity contribution is -0.519. The average Bonchev–Trinajstić information content (AvgIpc) is 1.62. The van der Waals surface area contributed by atoms with Crippen molar-refractivity contribution in [3.63, 3.8) is 0 Å².